The molecule has 0 radical (unpaired) electrons. The molecule has 1 heterocycles. The molecule has 0 aliphatic rings. The number of carbonyl (C=O) groups excluding carboxylic acids is 1. The number of carbonyl (C=O) groups is 1. The lowest BCUT2D eigenvalue weighted by Crippen LogP contribution is -2.22. The molecular weight excluding hydrogens is 246 g/mol. The third kappa shape index (κ3) is 5.85. The normalized spacial score (nSPS) is 10.0. The second-order valence-electron chi connectivity index (χ2n) is 4.47. The first kappa shape index (κ1) is 14.7. The highest BCUT2D eigenvalue weighted by atomic mass is 32.1. The first-order chi connectivity index (χ1) is 8.61. The third-order valence-corrected chi connectivity index (χ3v) is 3.31. The molecule has 0 saturated carbocycles. The average molecular weight is 265 g/mol. The molecule has 0 aliphatic carbocycles. The van der Waals surface area contributed by atoms with Crippen molar-refractivity contribution in [3.05, 3.63) is 21.9 Å². The molecule has 0 atom stereocenters. The van der Waals surface area contributed by atoms with E-state index in [-0.39, 0.29) is 12.5 Å². The van der Waals surface area contributed by atoms with Crippen LogP contribution >= 0.6 is 11.3 Å². The van der Waals surface area contributed by atoms with E-state index in [2.05, 4.69) is 31.0 Å². The smallest absolute Gasteiger partial charge is 0.220 e. The fraction of sp³-hybridized carbons (Fsp3) is 0.500. The van der Waals surface area contributed by atoms with E-state index in [1.807, 2.05) is 11.4 Å². The van der Waals surface area contributed by atoms with E-state index in [1.54, 1.807) is 11.3 Å². The largest absolute Gasteiger partial charge is 0.384 e. The second kappa shape index (κ2) is 7.91. The predicted molar refractivity (Wildman–Crippen MR) is 74.2 cm³/mol. The van der Waals surface area contributed by atoms with Gasteiger partial charge in [-0.05, 0) is 18.4 Å². The van der Waals surface area contributed by atoms with E-state index in [4.69, 9.17) is 5.11 Å². The van der Waals surface area contributed by atoms with E-state index >= 15 is 0 Å². The van der Waals surface area contributed by atoms with E-state index in [9.17, 15) is 4.79 Å². The Morgan fingerprint density at radius 2 is 2.33 bits per heavy atom. The zero-order chi connectivity index (χ0) is 13.4. The van der Waals surface area contributed by atoms with Gasteiger partial charge in [0.05, 0.1) is 6.54 Å². The van der Waals surface area contributed by atoms with Crippen LogP contribution in [0, 0.1) is 17.8 Å². The Morgan fingerprint density at radius 3 is 3.00 bits per heavy atom. The van der Waals surface area contributed by atoms with Crippen LogP contribution < -0.4 is 5.32 Å². The predicted octanol–water partition coefficient (Wildman–Crippen LogP) is 2.14. The summed E-state index contributed by atoms with van der Waals surface area (Å²) in [5.41, 5.74) is 0.889. The van der Waals surface area contributed by atoms with Gasteiger partial charge in [-0.25, -0.2) is 0 Å². The molecular formula is C14H19NO2S. The van der Waals surface area contributed by atoms with Gasteiger partial charge in [0.25, 0.3) is 0 Å². The molecule has 18 heavy (non-hydrogen) atoms. The van der Waals surface area contributed by atoms with Crippen molar-refractivity contribution in [3.63, 3.8) is 0 Å². The van der Waals surface area contributed by atoms with E-state index < -0.39 is 0 Å². The van der Waals surface area contributed by atoms with Crippen molar-refractivity contribution < 1.29 is 9.90 Å². The summed E-state index contributed by atoms with van der Waals surface area (Å²) >= 11 is 1.57. The zero-order valence-electron chi connectivity index (χ0n) is 10.8. The Hall–Kier alpha value is -1.31. The van der Waals surface area contributed by atoms with Crippen molar-refractivity contribution in [2.24, 2.45) is 5.92 Å². The van der Waals surface area contributed by atoms with Gasteiger partial charge in [0.2, 0.25) is 5.91 Å². The van der Waals surface area contributed by atoms with Crippen LogP contribution in [0.5, 0.6) is 0 Å². The first-order valence-corrected chi connectivity index (χ1v) is 6.93. The van der Waals surface area contributed by atoms with Crippen LogP contribution in [0.1, 0.15) is 37.1 Å². The molecule has 0 bridgehead atoms. The number of hydrogen-bond donors (Lipinski definition) is 2. The summed E-state index contributed by atoms with van der Waals surface area (Å²) in [7, 11) is 0. The molecule has 0 aliphatic heterocycles. The number of hydrogen-bond acceptors (Lipinski definition) is 3. The average Bonchev–Trinajstić information content (AvgIpc) is 2.79. The molecule has 1 amide bonds. The number of amides is 1. The topological polar surface area (TPSA) is 49.3 Å². The molecule has 98 valence electrons. The van der Waals surface area contributed by atoms with Crippen LogP contribution in [0.2, 0.25) is 0 Å². The maximum Gasteiger partial charge on any atom is 0.220 e. The number of thiophene rings is 1. The van der Waals surface area contributed by atoms with Gasteiger partial charge in [0.1, 0.15) is 6.61 Å². The molecule has 0 spiro atoms. The fourth-order valence-electron chi connectivity index (χ4n) is 1.37. The standard InChI is InChI=1S/C14H19NO2S/c1-11(2)5-6-14(17)15-9-13-8-12(10-18-13)4-3-7-16/h8,10-11,16H,5-7,9H2,1-2H3,(H,15,17). The minimum Gasteiger partial charge on any atom is -0.384 e. The number of nitrogens with one attached hydrogen (secondary N) is 1. The van der Waals surface area contributed by atoms with E-state index in [1.165, 1.54) is 0 Å². The van der Waals surface area contributed by atoms with Gasteiger partial charge in [-0.1, -0.05) is 25.7 Å². The molecule has 0 unspecified atom stereocenters. The maximum absolute atomic E-state index is 11.5. The lowest BCUT2D eigenvalue weighted by atomic mass is 10.1. The van der Waals surface area contributed by atoms with Gasteiger partial charge in [-0.2, -0.15) is 0 Å². The molecule has 1 aromatic heterocycles. The van der Waals surface area contributed by atoms with Crippen LogP contribution in [-0.4, -0.2) is 17.6 Å². The minimum absolute atomic E-state index is 0.0973. The summed E-state index contributed by atoms with van der Waals surface area (Å²) in [4.78, 5) is 12.6. The van der Waals surface area contributed by atoms with Crippen LogP contribution in [-0.2, 0) is 11.3 Å². The van der Waals surface area contributed by atoms with E-state index in [0.29, 0.717) is 18.9 Å². The lowest BCUT2D eigenvalue weighted by Gasteiger charge is -2.05. The van der Waals surface area contributed by atoms with Gasteiger partial charge in [-0.15, -0.1) is 11.3 Å². The van der Waals surface area contributed by atoms with Gasteiger partial charge in [0, 0.05) is 22.2 Å². The summed E-state index contributed by atoms with van der Waals surface area (Å²) < 4.78 is 0. The molecule has 0 fully saturated rings. The Labute approximate surface area is 112 Å². The highest BCUT2D eigenvalue weighted by Gasteiger charge is 2.04. The van der Waals surface area contributed by atoms with Crippen LogP contribution in [0.15, 0.2) is 11.4 Å². The first-order valence-electron chi connectivity index (χ1n) is 6.05. The van der Waals surface area contributed by atoms with E-state index in [0.717, 1.165) is 16.9 Å². The van der Waals surface area contributed by atoms with Crippen molar-refractivity contribution in [3.8, 4) is 11.8 Å². The number of aliphatic hydroxyl groups is 1. The summed E-state index contributed by atoms with van der Waals surface area (Å²) in [6.45, 7) is 4.65. The van der Waals surface area contributed by atoms with Crippen LogP contribution in [0.3, 0.4) is 0 Å². The van der Waals surface area contributed by atoms with Crippen molar-refractivity contribution in [2.75, 3.05) is 6.61 Å². The summed E-state index contributed by atoms with van der Waals surface area (Å²) in [6.07, 6.45) is 1.50. The Bertz CT molecular complexity index is 440. The number of aliphatic hydroxyl groups excluding tert-OH is 1. The summed E-state index contributed by atoms with van der Waals surface area (Å²) in [5, 5.41) is 13.4. The van der Waals surface area contributed by atoms with Gasteiger partial charge < -0.3 is 10.4 Å². The molecule has 2 N–H and O–H groups in total. The Morgan fingerprint density at radius 1 is 1.56 bits per heavy atom. The molecule has 3 nitrogen and oxygen atoms in total. The van der Waals surface area contributed by atoms with Crippen molar-refractivity contribution >= 4 is 17.2 Å². The maximum atomic E-state index is 11.5. The Kier molecular flexibility index (Phi) is 6.48. The molecule has 1 aromatic rings. The number of rotatable bonds is 5. The minimum atomic E-state index is -0.128. The molecule has 0 saturated heterocycles. The molecule has 1 rings (SSSR count). The lowest BCUT2D eigenvalue weighted by molar-refractivity contribution is -0.121. The monoisotopic (exact) mass is 265 g/mol. The van der Waals surface area contributed by atoms with Crippen LogP contribution in [0.4, 0.5) is 0 Å². The van der Waals surface area contributed by atoms with Gasteiger partial charge >= 0.3 is 0 Å². The SMILES string of the molecule is CC(C)CCC(=O)NCc1cc(C#CCO)cs1. The highest BCUT2D eigenvalue weighted by molar-refractivity contribution is 7.10. The highest BCUT2D eigenvalue weighted by Crippen LogP contribution is 2.13. The van der Waals surface area contributed by atoms with Crippen molar-refractivity contribution in [1.82, 2.24) is 5.32 Å². The Balaban J connectivity index is 2.35. The molecule has 0 aromatic carbocycles. The second-order valence-corrected chi connectivity index (χ2v) is 5.47. The fourth-order valence-corrected chi connectivity index (χ4v) is 2.13. The summed E-state index contributed by atoms with van der Waals surface area (Å²) in [6, 6.07) is 1.94. The zero-order valence-corrected chi connectivity index (χ0v) is 11.6. The third-order valence-electron chi connectivity index (χ3n) is 2.37. The van der Waals surface area contributed by atoms with Crippen LogP contribution in [0.25, 0.3) is 0 Å². The van der Waals surface area contributed by atoms with Gasteiger partial charge in [0.15, 0.2) is 0 Å². The quantitative estimate of drug-likeness (QED) is 0.801. The molecule has 4 heteroatoms. The van der Waals surface area contributed by atoms with Gasteiger partial charge in [-0.3, -0.25) is 4.79 Å². The van der Waals surface area contributed by atoms with Crippen molar-refractivity contribution in [1.29, 1.82) is 0 Å². The summed E-state index contributed by atoms with van der Waals surface area (Å²) in [5.74, 6) is 6.09. The van der Waals surface area contributed by atoms with Crippen molar-refractivity contribution in [2.45, 2.75) is 33.2 Å².